The number of aryl methyl sites for hydroxylation is 3. The van der Waals surface area contributed by atoms with E-state index in [4.69, 9.17) is 23.2 Å². The molecule has 184 valence electrons. The van der Waals surface area contributed by atoms with Crippen molar-refractivity contribution >= 4 is 40.9 Å². The molecule has 1 amide bonds. The summed E-state index contributed by atoms with van der Waals surface area (Å²) in [6, 6.07) is 7.82. The predicted octanol–water partition coefficient (Wildman–Crippen LogP) is 3.62. The second kappa shape index (κ2) is 11.1. The number of rotatable bonds is 9. The molecule has 0 spiro atoms. The Morgan fingerprint density at radius 1 is 1.20 bits per heavy atom. The lowest BCUT2D eigenvalue weighted by Crippen LogP contribution is -2.30. The van der Waals surface area contributed by atoms with Crippen LogP contribution in [0.25, 0.3) is 0 Å². The standard InChI is InChI=1S/C24H25Cl2N5O4/c25-16-8-15(9-17(26)10-16)20(11-22(33)34)29-24(35)19-12-31(30-21(19)13-32)7-5-18-4-3-14-2-1-6-27-23(14)28-18/h3-4,8-10,12,20,32H,1-2,5-7,11,13H2,(H,27,28)(H,29,35)(H,33,34). The summed E-state index contributed by atoms with van der Waals surface area (Å²) < 4.78 is 1.58. The first-order chi connectivity index (χ1) is 16.8. The molecule has 1 aromatic carbocycles. The topological polar surface area (TPSA) is 129 Å². The molecule has 1 atom stereocenters. The smallest absolute Gasteiger partial charge is 0.305 e. The van der Waals surface area contributed by atoms with E-state index in [0.717, 1.165) is 30.9 Å². The number of benzene rings is 1. The van der Waals surface area contributed by atoms with Gasteiger partial charge in [0, 0.05) is 41.4 Å². The number of anilines is 1. The summed E-state index contributed by atoms with van der Waals surface area (Å²) in [6.45, 7) is 0.920. The van der Waals surface area contributed by atoms with E-state index in [1.807, 2.05) is 6.07 Å². The largest absolute Gasteiger partial charge is 0.481 e. The number of nitrogens with one attached hydrogen (secondary N) is 2. The van der Waals surface area contributed by atoms with Crippen LogP contribution in [-0.4, -0.2) is 43.4 Å². The number of hydrogen-bond acceptors (Lipinski definition) is 6. The van der Waals surface area contributed by atoms with Gasteiger partial charge in [0.05, 0.1) is 24.6 Å². The first kappa shape index (κ1) is 25.0. The fraction of sp³-hybridized carbons (Fsp3) is 0.333. The monoisotopic (exact) mass is 517 g/mol. The van der Waals surface area contributed by atoms with Crippen LogP contribution in [0.15, 0.2) is 36.5 Å². The van der Waals surface area contributed by atoms with Crippen molar-refractivity contribution < 1.29 is 19.8 Å². The van der Waals surface area contributed by atoms with Crippen LogP contribution < -0.4 is 10.6 Å². The molecule has 0 bridgehead atoms. The Morgan fingerprint density at radius 3 is 2.69 bits per heavy atom. The maximum atomic E-state index is 13.1. The molecule has 0 aliphatic carbocycles. The van der Waals surface area contributed by atoms with Crippen LogP contribution in [-0.2, 0) is 30.8 Å². The summed E-state index contributed by atoms with van der Waals surface area (Å²) in [5.41, 5.74) is 2.92. The molecule has 1 aliphatic rings. The molecular formula is C24H25Cl2N5O4. The van der Waals surface area contributed by atoms with Crippen molar-refractivity contribution in [2.24, 2.45) is 0 Å². The number of pyridine rings is 1. The summed E-state index contributed by atoms with van der Waals surface area (Å²) in [6.07, 6.45) is 3.86. The Kier molecular flexibility index (Phi) is 7.90. The van der Waals surface area contributed by atoms with Crippen LogP contribution >= 0.6 is 23.2 Å². The lowest BCUT2D eigenvalue weighted by Gasteiger charge is -2.18. The molecular weight excluding hydrogens is 493 g/mol. The Morgan fingerprint density at radius 2 is 1.97 bits per heavy atom. The molecule has 9 nitrogen and oxygen atoms in total. The number of carboxylic acid groups (broad SMARTS) is 1. The van der Waals surface area contributed by atoms with Gasteiger partial charge in [-0.25, -0.2) is 4.98 Å². The summed E-state index contributed by atoms with van der Waals surface area (Å²) in [5.74, 6) is -0.744. The van der Waals surface area contributed by atoms with Crippen molar-refractivity contribution in [3.63, 3.8) is 0 Å². The molecule has 0 radical (unpaired) electrons. The van der Waals surface area contributed by atoms with E-state index in [9.17, 15) is 19.8 Å². The van der Waals surface area contributed by atoms with E-state index in [0.29, 0.717) is 28.6 Å². The van der Waals surface area contributed by atoms with Gasteiger partial charge in [-0.2, -0.15) is 5.10 Å². The maximum absolute atomic E-state index is 13.1. The van der Waals surface area contributed by atoms with Gasteiger partial charge in [-0.3, -0.25) is 14.3 Å². The molecule has 1 unspecified atom stereocenters. The number of aromatic nitrogens is 3. The van der Waals surface area contributed by atoms with Crippen molar-refractivity contribution in [1.29, 1.82) is 0 Å². The number of fused-ring (bicyclic) bond motifs is 1. The Bertz CT molecular complexity index is 1230. The molecule has 35 heavy (non-hydrogen) atoms. The fourth-order valence-electron chi connectivity index (χ4n) is 4.06. The zero-order valence-corrected chi connectivity index (χ0v) is 20.3. The van der Waals surface area contributed by atoms with Crippen molar-refractivity contribution in [2.45, 2.75) is 44.9 Å². The summed E-state index contributed by atoms with van der Waals surface area (Å²) in [7, 11) is 0. The Labute approximate surface area is 212 Å². The minimum Gasteiger partial charge on any atom is -0.481 e. The molecule has 2 aromatic heterocycles. The normalized spacial score (nSPS) is 13.6. The Balaban J connectivity index is 1.49. The quantitative estimate of drug-likeness (QED) is 0.341. The highest BCUT2D eigenvalue weighted by molar-refractivity contribution is 6.34. The van der Waals surface area contributed by atoms with Crippen LogP contribution in [0.5, 0.6) is 0 Å². The van der Waals surface area contributed by atoms with E-state index >= 15 is 0 Å². The zero-order valence-electron chi connectivity index (χ0n) is 18.8. The second-order valence-electron chi connectivity index (χ2n) is 8.33. The summed E-state index contributed by atoms with van der Waals surface area (Å²) in [5, 5.41) is 30.1. The van der Waals surface area contributed by atoms with Crippen LogP contribution in [0.1, 0.15) is 51.8 Å². The van der Waals surface area contributed by atoms with E-state index in [2.05, 4.69) is 26.8 Å². The number of aliphatic carboxylic acids is 1. The molecule has 3 heterocycles. The van der Waals surface area contributed by atoms with Gasteiger partial charge in [0.2, 0.25) is 0 Å². The van der Waals surface area contributed by atoms with Crippen molar-refractivity contribution in [2.75, 3.05) is 11.9 Å². The molecule has 4 rings (SSSR count). The molecule has 11 heteroatoms. The van der Waals surface area contributed by atoms with Gasteiger partial charge in [-0.1, -0.05) is 29.3 Å². The maximum Gasteiger partial charge on any atom is 0.305 e. The first-order valence-electron chi connectivity index (χ1n) is 11.2. The van der Waals surface area contributed by atoms with E-state index in [1.165, 1.54) is 11.6 Å². The van der Waals surface area contributed by atoms with Crippen molar-refractivity contribution in [3.05, 3.63) is 74.7 Å². The molecule has 1 aliphatic heterocycles. The lowest BCUT2D eigenvalue weighted by molar-refractivity contribution is -0.137. The van der Waals surface area contributed by atoms with Gasteiger partial charge in [-0.15, -0.1) is 0 Å². The SMILES string of the molecule is O=C(O)CC(NC(=O)c1cn(CCc2ccc3c(n2)NCCC3)nc1CO)c1cc(Cl)cc(Cl)c1. The summed E-state index contributed by atoms with van der Waals surface area (Å²) in [4.78, 5) is 29.1. The number of aliphatic hydroxyl groups is 1. The molecule has 0 saturated carbocycles. The predicted molar refractivity (Wildman–Crippen MR) is 132 cm³/mol. The number of nitrogens with zero attached hydrogens (tertiary/aromatic N) is 3. The van der Waals surface area contributed by atoms with E-state index < -0.39 is 24.5 Å². The average Bonchev–Trinajstić information content (AvgIpc) is 3.25. The van der Waals surface area contributed by atoms with Gasteiger partial charge in [0.1, 0.15) is 11.5 Å². The number of carbonyl (C=O) groups is 2. The first-order valence-corrected chi connectivity index (χ1v) is 12.0. The van der Waals surface area contributed by atoms with Gasteiger partial charge in [0.25, 0.3) is 5.91 Å². The Hall–Kier alpha value is -3.14. The number of carboxylic acids is 1. The van der Waals surface area contributed by atoms with Crippen molar-refractivity contribution in [3.8, 4) is 0 Å². The fourth-order valence-corrected chi connectivity index (χ4v) is 4.60. The van der Waals surface area contributed by atoms with Crippen molar-refractivity contribution in [1.82, 2.24) is 20.1 Å². The minimum absolute atomic E-state index is 0.163. The molecule has 0 fully saturated rings. The number of halogens is 2. The summed E-state index contributed by atoms with van der Waals surface area (Å²) >= 11 is 12.1. The number of aliphatic hydroxyl groups excluding tert-OH is 1. The average molecular weight is 518 g/mol. The number of carbonyl (C=O) groups excluding carboxylic acids is 1. The van der Waals surface area contributed by atoms with E-state index in [-0.39, 0.29) is 17.7 Å². The zero-order chi connectivity index (χ0) is 24.9. The number of hydrogen-bond donors (Lipinski definition) is 4. The third-order valence-corrected chi connectivity index (χ3v) is 6.19. The molecule has 0 saturated heterocycles. The number of amides is 1. The van der Waals surface area contributed by atoms with Crippen LogP contribution in [0.2, 0.25) is 10.0 Å². The van der Waals surface area contributed by atoms with Gasteiger partial charge in [-0.05, 0) is 48.2 Å². The van der Waals surface area contributed by atoms with Crippen LogP contribution in [0, 0.1) is 0 Å². The van der Waals surface area contributed by atoms with E-state index in [1.54, 1.807) is 23.0 Å². The van der Waals surface area contributed by atoms with Gasteiger partial charge >= 0.3 is 5.97 Å². The second-order valence-corrected chi connectivity index (χ2v) is 9.20. The van der Waals surface area contributed by atoms with Crippen LogP contribution in [0.3, 0.4) is 0 Å². The molecule has 4 N–H and O–H groups in total. The highest BCUT2D eigenvalue weighted by Gasteiger charge is 2.23. The third-order valence-electron chi connectivity index (χ3n) is 5.75. The highest BCUT2D eigenvalue weighted by atomic mass is 35.5. The highest BCUT2D eigenvalue weighted by Crippen LogP contribution is 2.26. The lowest BCUT2D eigenvalue weighted by atomic mass is 10.0. The third kappa shape index (κ3) is 6.30. The van der Waals surface area contributed by atoms with Gasteiger partial charge < -0.3 is 20.8 Å². The van der Waals surface area contributed by atoms with Gasteiger partial charge in [0.15, 0.2) is 0 Å². The van der Waals surface area contributed by atoms with Crippen LogP contribution in [0.4, 0.5) is 5.82 Å². The minimum atomic E-state index is -1.10. The molecule has 3 aromatic rings.